The molecule has 0 saturated heterocycles. The van der Waals surface area contributed by atoms with Gasteiger partial charge in [-0.2, -0.15) is 0 Å². The van der Waals surface area contributed by atoms with Gasteiger partial charge in [0.2, 0.25) is 0 Å². The van der Waals surface area contributed by atoms with Crippen LogP contribution < -0.4 is 0 Å². The Morgan fingerprint density at radius 3 is 2.53 bits per heavy atom. The number of ketones is 2. The van der Waals surface area contributed by atoms with Crippen LogP contribution in [0, 0.1) is 22.2 Å². The zero-order valence-electron chi connectivity index (χ0n) is 10.5. The van der Waals surface area contributed by atoms with Crippen molar-refractivity contribution in [3.63, 3.8) is 0 Å². The highest BCUT2D eigenvalue weighted by molar-refractivity contribution is 9.12. The summed E-state index contributed by atoms with van der Waals surface area (Å²) in [6, 6.07) is 0. The highest BCUT2D eigenvalue weighted by atomic mass is 79.9. The number of carbonyl (C=O) groups is 2. The molecule has 3 heteroatoms. The predicted molar refractivity (Wildman–Crippen MR) is 68.7 cm³/mol. The number of allylic oxidation sites excluding steroid dienone is 2. The second-order valence-electron chi connectivity index (χ2n) is 6.75. The molecular formula is C14H17BrO2. The molecule has 2 nitrogen and oxygen atoms in total. The third-order valence-corrected chi connectivity index (χ3v) is 6.20. The third-order valence-electron chi connectivity index (χ3n) is 5.61. The molecule has 17 heavy (non-hydrogen) atoms. The van der Waals surface area contributed by atoms with Crippen LogP contribution in [0.25, 0.3) is 0 Å². The molecule has 3 aliphatic carbocycles. The summed E-state index contributed by atoms with van der Waals surface area (Å²) >= 11 is 3.28. The van der Waals surface area contributed by atoms with Gasteiger partial charge in [-0.05, 0) is 52.6 Å². The number of hydrogen-bond donors (Lipinski definition) is 0. The Labute approximate surface area is 110 Å². The van der Waals surface area contributed by atoms with Crippen molar-refractivity contribution in [3.05, 3.63) is 10.6 Å². The molecule has 2 saturated carbocycles. The Morgan fingerprint density at radius 2 is 1.94 bits per heavy atom. The van der Waals surface area contributed by atoms with E-state index in [1.807, 2.05) is 6.92 Å². The molecular weight excluding hydrogens is 280 g/mol. The first-order valence-corrected chi connectivity index (χ1v) is 7.01. The molecule has 3 aliphatic rings. The van der Waals surface area contributed by atoms with Crippen molar-refractivity contribution in [2.45, 2.75) is 40.0 Å². The van der Waals surface area contributed by atoms with Gasteiger partial charge in [-0.3, -0.25) is 9.59 Å². The van der Waals surface area contributed by atoms with Crippen molar-refractivity contribution < 1.29 is 9.59 Å². The van der Waals surface area contributed by atoms with Crippen molar-refractivity contribution >= 4 is 27.5 Å². The number of rotatable bonds is 0. The van der Waals surface area contributed by atoms with E-state index in [0.29, 0.717) is 10.4 Å². The summed E-state index contributed by atoms with van der Waals surface area (Å²) < 4.78 is 0.488. The molecule has 0 bridgehead atoms. The van der Waals surface area contributed by atoms with E-state index in [4.69, 9.17) is 0 Å². The van der Waals surface area contributed by atoms with Crippen molar-refractivity contribution in [1.82, 2.24) is 0 Å². The van der Waals surface area contributed by atoms with Crippen LogP contribution in [-0.4, -0.2) is 11.6 Å². The lowest BCUT2D eigenvalue weighted by atomic mass is 9.40. The lowest BCUT2D eigenvalue weighted by Crippen LogP contribution is -2.64. The molecule has 3 rings (SSSR count). The van der Waals surface area contributed by atoms with Crippen LogP contribution >= 0.6 is 15.9 Å². The molecule has 0 unspecified atom stereocenters. The molecule has 1 spiro atoms. The van der Waals surface area contributed by atoms with Crippen molar-refractivity contribution in [2.75, 3.05) is 0 Å². The first-order valence-electron chi connectivity index (χ1n) is 6.22. The summed E-state index contributed by atoms with van der Waals surface area (Å²) in [5.74, 6) is 0.682. The van der Waals surface area contributed by atoms with Crippen LogP contribution in [0.4, 0.5) is 0 Å². The minimum atomic E-state index is -0.443. The fraction of sp³-hybridized carbons (Fsp3) is 0.714. The molecule has 3 atom stereocenters. The van der Waals surface area contributed by atoms with Gasteiger partial charge < -0.3 is 0 Å². The van der Waals surface area contributed by atoms with Gasteiger partial charge in [-0.1, -0.05) is 20.8 Å². The maximum absolute atomic E-state index is 12.6. The second-order valence-corrected chi connectivity index (χ2v) is 7.60. The molecule has 0 amide bonds. The second kappa shape index (κ2) is 2.93. The average molecular weight is 297 g/mol. The fourth-order valence-corrected chi connectivity index (χ4v) is 5.32. The van der Waals surface area contributed by atoms with Crippen LogP contribution in [0.15, 0.2) is 10.6 Å². The maximum atomic E-state index is 12.6. The molecule has 2 fully saturated rings. The lowest BCUT2D eigenvalue weighted by molar-refractivity contribution is -0.174. The van der Waals surface area contributed by atoms with Gasteiger partial charge in [-0.15, -0.1) is 0 Å². The van der Waals surface area contributed by atoms with Crippen LogP contribution in [0.5, 0.6) is 0 Å². The highest BCUT2D eigenvalue weighted by Crippen LogP contribution is 2.75. The number of hydrogen-bond acceptors (Lipinski definition) is 2. The number of halogens is 1. The van der Waals surface area contributed by atoms with E-state index < -0.39 is 10.8 Å². The number of carbonyl (C=O) groups excluding carboxylic acids is 2. The summed E-state index contributed by atoms with van der Waals surface area (Å²) in [7, 11) is 0. The molecule has 0 aromatic heterocycles. The first kappa shape index (κ1) is 11.6. The fourth-order valence-electron chi connectivity index (χ4n) is 4.76. The van der Waals surface area contributed by atoms with E-state index >= 15 is 0 Å². The van der Waals surface area contributed by atoms with Gasteiger partial charge in [-0.25, -0.2) is 0 Å². The first-order chi connectivity index (χ1) is 7.76. The van der Waals surface area contributed by atoms with E-state index in [2.05, 4.69) is 29.8 Å². The van der Waals surface area contributed by atoms with E-state index in [1.165, 1.54) is 6.08 Å². The normalized spacial score (nSPS) is 47.1. The zero-order chi connectivity index (χ0) is 12.6. The molecule has 0 heterocycles. The van der Waals surface area contributed by atoms with Gasteiger partial charge >= 0.3 is 0 Å². The van der Waals surface area contributed by atoms with Gasteiger partial charge in [0.15, 0.2) is 11.6 Å². The van der Waals surface area contributed by atoms with Crippen LogP contribution in [0.2, 0.25) is 0 Å². The average Bonchev–Trinajstić information content (AvgIpc) is 2.48. The molecule has 0 N–H and O–H groups in total. The molecule has 0 aromatic rings. The zero-order valence-corrected chi connectivity index (χ0v) is 12.1. The SMILES string of the molecule is CC1(C)C[C@@]23C(=O)C(Br)=CC(=O)[C@@]2(C)CC[C@@H]13. The van der Waals surface area contributed by atoms with E-state index in [9.17, 15) is 9.59 Å². The summed E-state index contributed by atoms with van der Waals surface area (Å²) in [5.41, 5.74) is -0.638. The Balaban J connectivity index is 2.19. The molecule has 0 radical (unpaired) electrons. The van der Waals surface area contributed by atoms with Crippen molar-refractivity contribution in [3.8, 4) is 0 Å². The van der Waals surface area contributed by atoms with E-state index in [0.717, 1.165) is 19.3 Å². The van der Waals surface area contributed by atoms with Crippen LogP contribution in [0.3, 0.4) is 0 Å². The lowest BCUT2D eigenvalue weighted by Gasteiger charge is -2.62. The Hall–Kier alpha value is -0.440. The standard InChI is InChI=1S/C14H17BrO2/c1-12(2)7-14-9(12)4-5-13(14,3)10(16)6-8(15)11(14)17/h6,9H,4-5,7H2,1-3H3/t9-,13+,14+/m0/s1. The van der Waals surface area contributed by atoms with Gasteiger partial charge in [0.1, 0.15) is 0 Å². The monoisotopic (exact) mass is 296 g/mol. The van der Waals surface area contributed by atoms with E-state index in [-0.39, 0.29) is 17.0 Å². The van der Waals surface area contributed by atoms with E-state index in [1.54, 1.807) is 0 Å². The third kappa shape index (κ3) is 1.04. The Bertz CT molecular complexity index is 477. The van der Waals surface area contributed by atoms with Crippen molar-refractivity contribution in [1.29, 1.82) is 0 Å². The topological polar surface area (TPSA) is 34.1 Å². The highest BCUT2D eigenvalue weighted by Gasteiger charge is 2.75. The summed E-state index contributed by atoms with van der Waals surface area (Å²) in [6.07, 6.45) is 4.23. The molecule has 92 valence electrons. The largest absolute Gasteiger partial charge is 0.294 e. The predicted octanol–water partition coefficient (Wildman–Crippen LogP) is 3.25. The number of Topliss-reactive ketones (excluding diaryl/α,β-unsaturated/α-hetero) is 1. The minimum Gasteiger partial charge on any atom is -0.294 e. The molecule has 0 aromatic carbocycles. The summed E-state index contributed by atoms with van der Waals surface area (Å²) in [4.78, 5) is 24.9. The maximum Gasteiger partial charge on any atom is 0.177 e. The van der Waals surface area contributed by atoms with Gasteiger partial charge in [0.05, 0.1) is 9.90 Å². The van der Waals surface area contributed by atoms with Crippen LogP contribution in [0.1, 0.15) is 40.0 Å². The summed E-state index contributed by atoms with van der Waals surface area (Å²) in [6.45, 7) is 6.44. The molecule has 0 aliphatic heterocycles. The van der Waals surface area contributed by atoms with Crippen molar-refractivity contribution in [2.24, 2.45) is 22.2 Å². The van der Waals surface area contributed by atoms with Gasteiger partial charge in [0, 0.05) is 5.41 Å². The minimum absolute atomic E-state index is 0.141. The quantitative estimate of drug-likeness (QED) is 0.688. The van der Waals surface area contributed by atoms with Gasteiger partial charge in [0.25, 0.3) is 0 Å². The summed E-state index contributed by atoms with van der Waals surface area (Å²) in [5, 5.41) is 0. The smallest absolute Gasteiger partial charge is 0.177 e. The van der Waals surface area contributed by atoms with Crippen LogP contribution in [-0.2, 0) is 9.59 Å². The Kier molecular flexibility index (Phi) is 2.01. The Morgan fingerprint density at radius 1 is 1.29 bits per heavy atom.